The first-order valence-corrected chi connectivity index (χ1v) is 15.8. The Bertz CT molecular complexity index is 1570. The average molecular weight is 653 g/mol. The summed E-state index contributed by atoms with van der Waals surface area (Å²) in [7, 11) is -4.41. The minimum Gasteiger partial charge on any atom is -0.486 e. The van der Waals surface area contributed by atoms with Crippen LogP contribution in [0.2, 0.25) is 10.0 Å². The first-order chi connectivity index (χ1) is 20.4. The summed E-state index contributed by atoms with van der Waals surface area (Å²) in [5.74, 6) is -0.954. The fourth-order valence-corrected chi connectivity index (χ4v) is 6.28. The predicted octanol–water partition coefficient (Wildman–Crippen LogP) is 5.29. The smallest absolute Gasteiger partial charge is 0.264 e. The molecular weight excluding hydrogens is 620 g/mol. The zero-order valence-electron chi connectivity index (χ0n) is 23.8. The second kappa shape index (κ2) is 13.8. The highest BCUT2D eigenvalue weighted by atomic mass is 35.5. The maximum atomic E-state index is 14.1. The van der Waals surface area contributed by atoms with Crippen molar-refractivity contribution in [3.63, 3.8) is 0 Å². The van der Waals surface area contributed by atoms with Gasteiger partial charge in [-0.2, -0.15) is 0 Å². The number of benzene rings is 3. The Labute approximate surface area is 260 Å². The molecule has 1 aliphatic heterocycles. The lowest BCUT2D eigenvalue weighted by Gasteiger charge is -2.32. The fraction of sp³-hybridized carbons (Fsp3) is 0.333. The number of hydrogen-bond acceptors (Lipinski definition) is 6. The van der Waals surface area contributed by atoms with E-state index in [0.29, 0.717) is 24.5 Å². The summed E-state index contributed by atoms with van der Waals surface area (Å²) >= 11 is 12.8. The minimum atomic E-state index is -4.41. The second-order valence-corrected chi connectivity index (χ2v) is 13.0. The molecule has 0 saturated heterocycles. The van der Waals surface area contributed by atoms with Gasteiger partial charge in [-0.3, -0.25) is 13.9 Å². The predicted molar refractivity (Wildman–Crippen MR) is 163 cm³/mol. The number of hydrogen-bond donors (Lipinski definition) is 1. The lowest BCUT2D eigenvalue weighted by molar-refractivity contribution is -0.139. The van der Waals surface area contributed by atoms with Crippen LogP contribution in [0.4, 0.5) is 10.1 Å². The van der Waals surface area contributed by atoms with Gasteiger partial charge in [-0.15, -0.1) is 0 Å². The van der Waals surface area contributed by atoms with Gasteiger partial charge in [0.05, 0.1) is 10.6 Å². The van der Waals surface area contributed by atoms with E-state index in [1.807, 2.05) is 13.8 Å². The molecule has 3 aromatic rings. The summed E-state index contributed by atoms with van der Waals surface area (Å²) in [6, 6.07) is 12.7. The fourth-order valence-electron chi connectivity index (χ4n) is 4.34. The molecule has 1 heterocycles. The Morgan fingerprint density at radius 1 is 0.953 bits per heavy atom. The summed E-state index contributed by atoms with van der Waals surface area (Å²) < 4.78 is 53.9. The van der Waals surface area contributed by atoms with Crippen molar-refractivity contribution in [2.24, 2.45) is 5.92 Å². The molecule has 0 fully saturated rings. The van der Waals surface area contributed by atoms with Crippen LogP contribution in [0.3, 0.4) is 0 Å². The van der Waals surface area contributed by atoms with Gasteiger partial charge in [0.15, 0.2) is 11.5 Å². The van der Waals surface area contributed by atoms with Crippen LogP contribution in [0.25, 0.3) is 0 Å². The zero-order chi connectivity index (χ0) is 31.3. The maximum absolute atomic E-state index is 14.1. The Morgan fingerprint density at radius 3 is 2.21 bits per heavy atom. The monoisotopic (exact) mass is 651 g/mol. The zero-order valence-corrected chi connectivity index (χ0v) is 26.2. The van der Waals surface area contributed by atoms with E-state index in [1.54, 1.807) is 18.2 Å². The molecule has 0 aromatic heterocycles. The highest BCUT2D eigenvalue weighted by Gasteiger charge is 2.34. The summed E-state index contributed by atoms with van der Waals surface area (Å²) in [5.41, 5.74) is 0.433. The Morgan fingerprint density at radius 2 is 1.58 bits per heavy atom. The standard InChI is InChI=1S/C30H32Cl2FN3O6S/c1-19(2)16-34-30(38)20(3)35(17-24-25(31)5-4-6-26(24)32)29(37)18-36(22-9-7-21(33)8-10-22)43(39,40)23-11-12-27-28(15-23)42-14-13-41-27/h4-12,15,19-20H,13-14,16-18H2,1-3H3,(H,34,38). The summed E-state index contributed by atoms with van der Waals surface area (Å²) in [5, 5.41) is 3.36. The molecule has 4 rings (SSSR count). The van der Waals surface area contributed by atoms with Crippen molar-refractivity contribution in [3.8, 4) is 11.5 Å². The van der Waals surface area contributed by atoms with E-state index in [0.717, 1.165) is 16.4 Å². The summed E-state index contributed by atoms with van der Waals surface area (Å²) in [6.07, 6.45) is 0. The van der Waals surface area contributed by atoms with E-state index in [-0.39, 0.29) is 45.4 Å². The van der Waals surface area contributed by atoms with Crippen molar-refractivity contribution in [3.05, 3.63) is 82.1 Å². The topological polar surface area (TPSA) is 105 Å². The first-order valence-electron chi connectivity index (χ1n) is 13.6. The number of fused-ring (bicyclic) bond motifs is 1. The highest BCUT2D eigenvalue weighted by Crippen LogP contribution is 2.34. The van der Waals surface area contributed by atoms with Crippen LogP contribution in [-0.4, -0.2) is 57.5 Å². The molecule has 1 aliphatic rings. The van der Waals surface area contributed by atoms with Crippen LogP contribution < -0.4 is 19.1 Å². The molecule has 0 aliphatic carbocycles. The normalized spacial score (nSPS) is 13.4. The number of carbonyl (C=O) groups is 2. The lowest BCUT2D eigenvalue weighted by Crippen LogP contribution is -2.51. The van der Waals surface area contributed by atoms with Crippen molar-refractivity contribution in [1.29, 1.82) is 0 Å². The molecule has 43 heavy (non-hydrogen) atoms. The average Bonchev–Trinajstić information content (AvgIpc) is 2.98. The van der Waals surface area contributed by atoms with E-state index in [1.165, 1.54) is 42.2 Å². The van der Waals surface area contributed by atoms with Gasteiger partial charge in [0, 0.05) is 34.8 Å². The van der Waals surface area contributed by atoms with Crippen LogP contribution >= 0.6 is 23.2 Å². The van der Waals surface area contributed by atoms with Gasteiger partial charge in [0.2, 0.25) is 11.8 Å². The minimum absolute atomic E-state index is 0.0391. The second-order valence-electron chi connectivity index (χ2n) is 10.3. The van der Waals surface area contributed by atoms with Crippen LogP contribution in [0.5, 0.6) is 11.5 Å². The molecular formula is C30H32Cl2FN3O6S. The van der Waals surface area contributed by atoms with Crippen LogP contribution in [0.15, 0.2) is 65.6 Å². The Kier molecular flexibility index (Phi) is 10.4. The lowest BCUT2D eigenvalue weighted by atomic mass is 10.1. The molecule has 3 aromatic carbocycles. The third-order valence-corrected chi connectivity index (χ3v) is 9.22. The number of anilines is 1. The van der Waals surface area contributed by atoms with Crippen LogP contribution in [-0.2, 0) is 26.2 Å². The number of halogens is 3. The van der Waals surface area contributed by atoms with E-state index in [2.05, 4.69) is 5.32 Å². The van der Waals surface area contributed by atoms with Gasteiger partial charge in [-0.1, -0.05) is 43.1 Å². The number of amides is 2. The number of carbonyl (C=O) groups excluding carboxylic acids is 2. The van der Waals surface area contributed by atoms with Crippen molar-refractivity contribution < 1.29 is 31.9 Å². The quantitative estimate of drug-likeness (QED) is 0.302. The summed E-state index contributed by atoms with van der Waals surface area (Å²) in [6.45, 7) is 5.45. The SMILES string of the molecule is CC(C)CNC(=O)C(C)N(Cc1c(Cl)cccc1Cl)C(=O)CN(c1ccc(F)cc1)S(=O)(=O)c1ccc2c(c1)OCCO2. The number of ether oxygens (including phenoxy) is 2. The van der Waals surface area contributed by atoms with Crippen molar-refractivity contribution >= 4 is 50.7 Å². The largest absolute Gasteiger partial charge is 0.486 e. The van der Waals surface area contributed by atoms with Gasteiger partial charge in [0.1, 0.15) is 31.6 Å². The molecule has 230 valence electrons. The molecule has 1 atom stereocenters. The number of nitrogens with zero attached hydrogens (tertiary/aromatic N) is 2. The number of rotatable bonds is 11. The van der Waals surface area contributed by atoms with Crippen molar-refractivity contribution in [2.45, 2.75) is 38.3 Å². The maximum Gasteiger partial charge on any atom is 0.264 e. The molecule has 2 amide bonds. The van der Waals surface area contributed by atoms with Gasteiger partial charge in [-0.25, -0.2) is 12.8 Å². The molecule has 0 saturated carbocycles. The Balaban J connectivity index is 1.73. The molecule has 1 unspecified atom stereocenters. The third kappa shape index (κ3) is 7.70. The third-order valence-electron chi connectivity index (χ3n) is 6.74. The van der Waals surface area contributed by atoms with E-state index in [9.17, 15) is 22.4 Å². The van der Waals surface area contributed by atoms with Gasteiger partial charge in [0.25, 0.3) is 10.0 Å². The van der Waals surface area contributed by atoms with E-state index in [4.69, 9.17) is 32.7 Å². The number of sulfonamides is 1. The molecule has 13 heteroatoms. The van der Waals surface area contributed by atoms with Gasteiger partial charge < -0.3 is 19.7 Å². The van der Waals surface area contributed by atoms with Crippen LogP contribution in [0.1, 0.15) is 26.3 Å². The molecule has 1 N–H and O–H groups in total. The molecule has 0 radical (unpaired) electrons. The summed E-state index contributed by atoms with van der Waals surface area (Å²) in [4.78, 5) is 28.2. The molecule has 0 bridgehead atoms. The number of nitrogens with one attached hydrogen (secondary N) is 1. The van der Waals surface area contributed by atoms with Crippen molar-refractivity contribution in [2.75, 3.05) is 30.6 Å². The molecule has 0 spiro atoms. The first kappa shape index (κ1) is 32.4. The Hall–Kier alpha value is -3.54. The highest BCUT2D eigenvalue weighted by molar-refractivity contribution is 7.92. The van der Waals surface area contributed by atoms with Gasteiger partial charge in [-0.05, 0) is 61.4 Å². The van der Waals surface area contributed by atoms with E-state index >= 15 is 0 Å². The van der Waals surface area contributed by atoms with Crippen molar-refractivity contribution in [1.82, 2.24) is 10.2 Å². The van der Waals surface area contributed by atoms with E-state index < -0.39 is 40.2 Å². The van der Waals surface area contributed by atoms with Crippen LogP contribution in [0, 0.1) is 11.7 Å². The van der Waals surface area contributed by atoms with Gasteiger partial charge >= 0.3 is 0 Å². The molecule has 9 nitrogen and oxygen atoms in total.